The SMILES string of the molecule is CC[C@@H](C)[C@H](NC(=O)[C@@H]1CCCN(S(=O)(=O)c2ccc(OC)cc2)C1)C(=O)NCc1ccco1. The van der Waals surface area contributed by atoms with Gasteiger partial charge in [0, 0.05) is 13.1 Å². The van der Waals surface area contributed by atoms with Crippen LogP contribution in [0, 0.1) is 11.8 Å². The fourth-order valence-corrected chi connectivity index (χ4v) is 5.47. The summed E-state index contributed by atoms with van der Waals surface area (Å²) >= 11 is 0. The van der Waals surface area contributed by atoms with Crippen molar-refractivity contribution in [2.45, 2.75) is 50.6 Å². The van der Waals surface area contributed by atoms with Gasteiger partial charge in [-0.2, -0.15) is 4.31 Å². The predicted molar refractivity (Wildman–Crippen MR) is 126 cm³/mol. The second-order valence-electron chi connectivity index (χ2n) is 8.55. The molecule has 34 heavy (non-hydrogen) atoms. The van der Waals surface area contributed by atoms with Gasteiger partial charge in [0.2, 0.25) is 21.8 Å². The molecular weight excluding hydrogens is 458 g/mol. The van der Waals surface area contributed by atoms with E-state index in [1.165, 1.54) is 29.8 Å². The number of amides is 2. The fraction of sp³-hybridized carbons (Fsp3) is 0.500. The van der Waals surface area contributed by atoms with Gasteiger partial charge in [0.25, 0.3) is 0 Å². The molecule has 0 radical (unpaired) electrons. The van der Waals surface area contributed by atoms with E-state index in [1.807, 2.05) is 13.8 Å². The molecule has 2 N–H and O–H groups in total. The number of hydrogen-bond donors (Lipinski definition) is 2. The minimum atomic E-state index is -3.74. The largest absolute Gasteiger partial charge is 0.497 e. The van der Waals surface area contributed by atoms with Gasteiger partial charge < -0.3 is 19.8 Å². The number of carbonyl (C=O) groups is 2. The van der Waals surface area contributed by atoms with E-state index >= 15 is 0 Å². The van der Waals surface area contributed by atoms with Crippen LogP contribution in [0.4, 0.5) is 0 Å². The normalized spacial score (nSPS) is 18.6. The molecule has 3 rings (SSSR count). The summed E-state index contributed by atoms with van der Waals surface area (Å²) in [5.74, 6) is -0.0503. The Hall–Kier alpha value is -2.85. The smallest absolute Gasteiger partial charge is 0.243 e. The third-order valence-electron chi connectivity index (χ3n) is 6.26. The number of benzene rings is 1. The summed E-state index contributed by atoms with van der Waals surface area (Å²) in [5.41, 5.74) is 0. The Morgan fingerprint density at radius 2 is 1.97 bits per heavy atom. The van der Waals surface area contributed by atoms with Gasteiger partial charge in [-0.3, -0.25) is 9.59 Å². The van der Waals surface area contributed by atoms with Crippen molar-refractivity contribution in [3.8, 4) is 5.75 Å². The number of nitrogens with one attached hydrogen (secondary N) is 2. The lowest BCUT2D eigenvalue weighted by atomic mass is 9.95. The lowest BCUT2D eigenvalue weighted by Gasteiger charge is -2.32. The first-order valence-corrected chi connectivity index (χ1v) is 12.9. The number of ether oxygens (including phenoxy) is 1. The zero-order valence-corrected chi connectivity index (χ0v) is 20.6. The third-order valence-corrected chi connectivity index (χ3v) is 8.14. The zero-order chi connectivity index (χ0) is 24.7. The van der Waals surface area contributed by atoms with Gasteiger partial charge in [-0.05, 0) is 55.2 Å². The second kappa shape index (κ2) is 11.5. The summed E-state index contributed by atoms with van der Waals surface area (Å²) < 4.78 is 37.9. The van der Waals surface area contributed by atoms with Crippen LogP contribution in [-0.2, 0) is 26.2 Å². The van der Waals surface area contributed by atoms with Crippen molar-refractivity contribution in [2.75, 3.05) is 20.2 Å². The maximum atomic E-state index is 13.1. The summed E-state index contributed by atoms with van der Waals surface area (Å²) in [6.07, 6.45) is 3.35. The van der Waals surface area contributed by atoms with Crippen molar-refractivity contribution < 1.29 is 27.2 Å². The zero-order valence-electron chi connectivity index (χ0n) is 19.8. The molecule has 1 fully saturated rings. The highest BCUT2D eigenvalue weighted by atomic mass is 32.2. The number of nitrogens with zero attached hydrogens (tertiary/aromatic N) is 1. The average Bonchev–Trinajstić information content (AvgIpc) is 3.39. The standard InChI is InChI=1S/C24H33N3O6S/c1-4-17(2)22(24(29)25-15-20-8-6-14-33-20)26-23(28)18-7-5-13-27(16-18)34(30,31)21-11-9-19(32-3)10-12-21/h6,8-12,14,17-18,22H,4-5,7,13,15-16H2,1-3H3,(H,25,29)(H,26,28)/t17-,18-,22+/m1/s1. The van der Waals surface area contributed by atoms with Crippen molar-refractivity contribution in [1.29, 1.82) is 0 Å². The van der Waals surface area contributed by atoms with Crippen LogP contribution in [0.3, 0.4) is 0 Å². The molecule has 1 aromatic heterocycles. The maximum absolute atomic E-state index is 13.1. The van der Waals surface area contributed by atoms with Gasteiger partial charge in [-0.25, -0.2) is 8.42 Å². The van der Waals surface area contributed by atoms with E-state index in [1.54, 1.807) is 24.3 Å². The highest BCUT2D eigenvalue weighted by Gasteiger charge is 2.35. The highest BCUT2D eigenvalue weighted by Crippen LogP contribution is 2.25. The molecule has 0 unspecified atom stereocenters. The Morgan fingerprint density at radius 3 is 2.59 bits per heavy atom. The lowest BCUT2D eigenvalue weighted by Crippen LogP contribution is -2.53. The van der Waals surface area contributed by atoms with Crippen molar-refractivity contribution in [2.24, 2.45) is 11.8 Å². The summed E-state index contributed by atoms with van der Waals surface area (Å²) in [5, 5.41) is 5.68. The Balaban J connectivity index is 1.66. The molecule has 1 aliphatic rings. The maximum Gasteiger partial charge on any atom is 0.243 e. The van der Waals surface area contributed by atoms with E-state index in [0.29, 0.717) is 37.3 Å². The molecule has 0 saturated carbocycles. The summed E-state index contributed by atoms with van der Waals surface area (Å²) in [6, 6.07) is 8.97. The van der Waals surface area contributed by atoms with E-state index in [0.717, 1.165) is 0 Å². The minimum Gasteiger partial charge on any atom is -0.497 e. The fourth-order valence-electron chi connectivity index (χ4n) is 3.94. The third kappa shape index (κ3) is 6.18. The van der Waals surface area contributed by atoms with Crippen LogP contribution < -0.4 is 15.4 Å². The van der Waals surface area contributed by atoms with Crippen LogP contribution in [0.5, 0.6) is 5.75 Å². The molecule has 10 heteroatoms. The highest BCUT2D eigenvalue weighted by molar-refractivity contribution is 7.89. The molecule has 1 saturated heterocycles. The number of sulfonamides is 1. The van der Waals surface area contributed by atoms with Gasteiger partial charge in [-0.1, -0.05) is 20.3 Å². The van der Waals surface area contributed by atoms with Crippen LogP contribution in [0.1, 0.15) is 38.9 Å². The quantitative estimate of drug-likeness (QED) is 0.527. The van der Waals surface area contributed by atoms with Crippen LogP contribution in [0.2, 0.25) is 0 Å². The molecule has 0 aliphatic carbocycles. The monoisotopic (exact) mass is 491 g/mol. The van der Waals surface area contributed by atoms with Gasteiger partial charge in [-0.15, -0.1) is 0 Å². The number of methoxy groups -OCH3 is 1. The van der Waals surface area contributed by atoms with E-state index < -0.39 is 22.0 Å². The topological polar surface area (TPSA) is 118 Å². The van der Waals surface area contributed by atoms with Crippen LogP contribution >= 0.6 is 0 Å². The first kappa shape index (κ1) is 25.8. The van der Waals surface area contributed by atoms with Crippen molar-refractivity contribution >= 4 is 21.8 Å². The molecular formula is C24H33N3O6S. The molecule has 9 nitrogen and oxygen atoms in total. The van der Waals surface area contributed by atoms with E-state index in [4.69, 9.17) is 9.15 Å². The molecule has 2 heterocycles. The van der Waals surface area contributed by atoms with Crippen LogP contribution in [-0.4, -0.2) is 50.8 Å². The number of carbonyl (C=O) groups excluding carboxylic acids is 2. The first-order valence-electron chi connectivity index (χ1n) is 11.5. The minimum absolute atomic E-state index is 0.0709. The number of piperidine rings is 1. The van der Waals surface area contributed by atoms with E-state index in [9.17, 15) is 18.0 Å². The van der Waals surface area contributed by atoms with Gasteiger partial charge in [0.05, 0.1) is 30.7 Å². The molecule has 2 amide bonds. The molecule has 1 aliphatic heterocycles. The summed E-state index contributed by atoms with van der Waals surface area (Å²) in [6.45, 7) is 4.50. The molecule has 1 aromatic carbocycles. The summed E-state index contributed by atoms with van der Waals surface area (Å²) in [4.78, 5) is 26.1. The van der Waals surface area contributed by atoms with E-state index in [-0.39, 0.29) is 35.7 Å². The van der Waals surface area contributed by atoms with Gasteiger partial charge in [0.1, 0.15) is 17.6 Å². The predicted octanol–water partition coefficient (Wildman–Crippen LogP) is 2.54. The summed E-state index contributed by atoms with van der Waals surface area (Å²) in [7, 11) is -2.23. The van der Waals surface area contributed by atoms with Gasteiger partial charge in [0.15, 0.2) is 0 Å². The molecule has 186 valence electrons. The lowest BCUT2D eigenvalue weighted by molar-refractivity contribution is -0.133. The Kier molecular flexibility index (Phi) is 8.73. The number of hydrogen-bond acceptors (Lipinski definition) is 6. The Bertz CT molecular complexity index is 1050. The van der Waals surface area contributed by atoms with Crippen molar-refractivity contribution in [3.63, 3.8) is 0 Å². The average molecular weight is 492 g/mol. The van der Waals surface area contributed by atoms with E-state index in [2.05, 4.69) is 10.6 Å². The first-order chi connectivity index (χ1) is 16.3. The molecule has 0 spiro atoms. The Morgan fingerprint density at radius 1 is 1.24 bits per heavy atom. The number of furan rings is 1. The molecule has 3 atom stereocenters. The Labute approximate surface area is 200 Å². The van der Waals surface area contributed by atoms with Crippen molar-refractivity contribution in [1.82, 2.24) is 14.9 Å². The van der Waals surface area contributed by atoms with Crippen LogP contribution in [0.15, 0.2) is 52.0 Å². The van der Waals surface area contributed by atoms with Crippen molar-refractivity contribution in [3.05, 3.63) is 48.4 Å². The van der Waals surface area contributed by atoms with Gasteiger partial charge >= 0.3 is 0 Å². The molecule has 0 bridgehead atoms. The number of rotatable bonds is 10. The second-order valence-corrected chi connectivity index (χ2v) is 10.5. The van der Waals surface area contributed by atoms with Crippen LogP contribution in [0.25, 0.3) is 0 Å². The molecule has 2 aromatic rings.